The Morgan fingerprint density at radius 3 is 2.77 bits per heavy atom. The molecule has 0 saturated carbocycles. The fourth-order valence-electron chi connectivity index (χ4n) is 2.94. The molecule has 0 aliphatic carbocycles. The molecule has 0 saturated heterocycles. The van der Waals surface area contributed by atoms with Crippen molar-refractivity contribution in [3.63, 3.8) is 0 Å². The number of anilines is 2. The summed E-state index contributed by atoms with van der Waals surface area (Å²) in [4.78, 5) is 20.2. The molecule has 8 heteroatoms. The minimum absolute atomic E-state index is 0.00131. The van der Waals surface area contributed by atoms with Crippen molar-refractivity contribution in [3.8, 4) is 0 Å². The van der Waals surface area contributed by atoms with Crippen LogP contribution >= 0.6 is 23.5 Å². The van der Waals surface area contributed by atoms with Crippen molar-refractivity contribution in [2.24, 2.45) is 0 Å². The van der Waals surface area contributed by atoms with Crippen LogP contribution in [0, 0.1) is 0 Å². The van der Waals surface area contributed by atoms with Crippen LogP contribution in [0.25, 0.3) is 0 Å². The number of carbonyl (C=O) groups excluding carboxylic acids is 1. The van der Waals surface area contributed by atoms with Gasteiger partial charge in [0.15, 0.2) is 0 Å². The van der Waals surface area contributed by atoms with Gasteiger partial charge in [-0.15, -0.1) is 16.9 Å². The number of amides is 1. The number of nitrogens with one attached hydrogen (secondary N) is 1. The molecule has 0 spiro atoms. The van der Waals surface area contributed by atoms with Crippen LogP contribution in [0.3, 0.4) is 0 Å². The van der Waals surface area contributed by atoms with Crippen LogP contribution < -0.4 is 10.6 Å². The fraction of sp³-hybridized carbons (Fsp3) is 0.167. The minimum Gasteiger partial charge on any atom is -0.368 e. The fourth-order valence-corrected chi connectivity index (χ4v) is 4.77. The highest BCUT2D eigenvalue weighted by Gasteiger charge is 2.32. The van der Waals surface area contributed by atoms with E-state index in [9.17, 15) is 4.79 Å². The van der Waals surface area contributed by atoms with Gasteiger partial charge in [0.1, 0.15) is 0 Å². The standard InChI is InChI=1S/C18H17N5OS2/c19-17-20-18(22-21-17)26-11-16(24)23-13-8-4-5-9-15(13)25-10-14(23)12-6-2-1-3-7-12/h1-9,14H,10-11H2,(H3,19,20,21,22). The second kappa shape index (κ2) is 7.43. The van der Waals surface area contributed by atoms with Gasteiger partial charge < -0.3 is 10.6 Å². The molecule has 0 radical (unpaired) electrons. The number of fused-ring (bicyclic) bond motifs is 1. The Labute approximate surface area is 159 Å². The summed E-state index contributed by atoms with van der Waals surface area (Å²) in [6.07, 6.45) is 0. The summed E-state index contributed by atoms with van der Waals surface area (Å²) in [6, 6.07) is 18.2. The van der Waals surface area contributed by atoms with Crippen LogP contribution in [0.4, 0.5) is 11.6 Å². The average molecular weight is 384 g/mol. The van der Waals surface area contributed by atoms with Gasteiger partial charge in [-0.3, -0.25) is 4.79 Å². The van der Waals surface area contributed by atoms with Crippen molar-refractivity contribution in [2.75, 3.05) is 22.1 Å². The van der Waals surface area contributed by atoms with Crippen molar-refractivity contribution in [2.45, 2.75) is 16.1 Å². The minimum atomic E-state index is 0.00131. The zero-order valence-corrected chi connectivity index (χ0v) is 15.5. The van der Waals surface area contributed by atoms with Crippen LogP contribution in [-0.4, -0.2) is 32.6 Å². The summed E-state index contributed by atoms with van der Waals surface area (Å²) >= 11 is 3.07. The van der Waals surface area contributed by atoms with E-state index < -0.39 is 0 Å². The quantitative estimate of drug-likeness (QED) is 0.672. The molecule has 0 fully saturated rings. The third-order valence-corrected chi connectivity index (χ3v) is 6.06. The predicted octanol–water partition coefficient (Wildman–Crippen LogP) is 3.36. The molecule has 26 heavy (non-hydrogen) atoms. The summed E-state index contributed by atoms with van der Waals surface area (Å²) in [5.74, 6) is 1.35. The Kier molecular flexibility index (Phi) is 4.85. The number of hydrogen-bond donors (Lipinski definition) is 2. The molecule has 1 aliphatic rings. The Bertz CT molecular complexity index is 915. The lowest BCUT2D eigenvalue weighted by atomic mass is 10.1. The van der Waals surface area contributed by atoms with Gasteiger partial charge in [-0.2, -0.15) is 4.98 Å². The molecule has 2 aromatic carbocycles. The number of rotatable bonds is 4. The third kappa shape index (κ3) is 3.42. The first-order chi connectivity index (χ1) is 12.7. The number of thioether (sulfide) groups is 2. The SMILES string of the molecule is Nc1nc(SCC(=O)N2c3ccccc3SCC2c2ccccc2)n[nH]1. The lowest BCUT2D eigenvalue weighted by molar-refractivity contribution is -0.116. The smallest absolute Gasteiger partial charge is 0.238 e. The van der Waals surface area contributed by atoms with E-state index in [0.29, 0.717) is 5.16 Å². The van der Waals surface area contributed by atoms with E-state index in [2.05, 4.69) is 33.4 Å². The van der Waals surface area contributed by atoms with Crippen molar-refractivity contribution >= 4 is 41.1 Å². The van der Waals surface area contributed by atoms with Crippen molar-refractivity contribution in [3.05, 3.63) is 60.2 Å². The van der Waals surface area contributed by atoms with Crippen LogP contribution in [0.2, 0.25) is 0 Å². The molecule has 3 N–H and O–H groups in total. The number of para-hydroxylation sites is 1. The maximum absolute atomic E-state index is 13.1. The Morgan fingerprint density at radius 2 is 2.00 bits per heavy atom. The maximum Gasteiger partial charge on any atom is 0.238 e. The molecule has 1 atom stereocenters. The highest BCUT2D eigenvalue weighted by atomic mass is 32.2. The van der Waals surface area contributed by atoms with Gasteiger partial charge in [0.25, 0.3) is 0 Å². The number of nitrogen functional groups attached to an aromatic ring is 1. The van der Waals surface area contributed by atoms with Crippen LogP contribution in [0.1, 0.15) is 11.6 Å². The molecule has 6 nitrogen and oxygen atoms in total. The van der Waals surface area contributed by atoms with E-state index in [4.69, 9.17) is 5.73 Å². The molecule has 4 rings (SSSR count). The van der Waals surface area contributed by atoms with Crippen molar-refractivity contribution in [1.29, 1.82) is 0 Å². The number of hydrogen-bond acceptors (Lipinski definition) is 6. The van der Waals surface area contributed by atoms with Gasteiger partial charge in [0.2, 0.25) is 17.0 Å². The number of H-pyrrole nitrogens is 1. The summed E-state index contributed by atoms with van der Waals surface area (Å²) in [5.41, 5.74) is 7.64. The van der Waals surface area contributed by atoms with Gasteiger partial charge in [-0.25, -0.2) is 5.10 Å². The van der Waals surface area contributed by atoms with E-state index in [1.54, 1.807) is 11.8 Å². The molecule has 3 aromatic rings. The molecule has 1 unspecified atom stereocenters. The van der Waals surface area contributed by atoms with Crippen LogP contribution in [-0.2, 0) is 4.79 Å². The zero-order chi connectivity index (χ0) is 17.9. The number of carbonyl (C=O) groups is 1. The van der Waals surface area contributed by atoms with Crippen LogP contribution in [0.15, 0.2) is 64.6 Å². The van der Waals surface area contributed by atoms with Gasteiger partial charge in [-0.1, -0.05) is 54.2 Å². The van der Waals surface area contributed by atoms with E-state index in [1.807, 2.05) is 41.3 Å². The summed E-state index contributed by atoms with van der Waals surface area (Å²) in [6.45, 7) is 0. The number of nitrogens with two attached hydrogens (primary N) is 1. The molecular formula is C18H17N5OS2. The first-order valence-electron chi connectivity index (χ1n) is 8.12. The molecule has 2 heterocycles. The van der Waals surface area contributed by atoms with E-state index >= 15 is 0 Å². The third-order valence-electron chi connectivity index (χ3n) is 4.09. The number of aromatic nitrogens is 3. The molecule has 1 aliphatic heterocycles. The Balaban J connectivity index is 1.62. The number of benzene rings is 2. The first kappa shape index (κ1) is 17.0. The lowest BCUT2D eigenvalue weighted by Gasteiger charge is -2.37. The Morgan fingerprint density at radius 1 is 1.23 bits per heavy atom. The topological polar surface area (TPSA) is 87.9 Å². The molecule has 0 bridgehead atoms. The largest absolute Gasteiger partial charge is 0.368 e. The predicted molar refractivity (Wildman–Crippen MR) is 105 cm³/mol. The zero-order valence-electron chi connectivity index (χ0n) is 13.8. The summed E-state index contributed by atoms with van der Waals surface area (Å²) in [7, 11) is 0. The van der Waals surface area contributed by atoms with Crippen molar-refractivity contribution < 1.29 is 4.79 Å². The van der Waals surface area contributed by atoms with Gasteiger partial charge in [-0.05, 0) is 17.7 Å². The Hall–Kier alpha value is -2.45. The highest BCUT2D eigenvalue weighted by molar-refractivity contribution is 8.00. The summed E-state index contributed by atoms with van der Waals surface area (Å²) < 4.78 is 0. The lowest BCUT2D eigenvalue weighted by Crippen LogP contribution is -2.39. The second-order valence-corrected chi connectivity index (χ2v) is 7.77. The van der Waals surface area contributed by atoms with E-state index in [0.717, 1.165) is 21.9 Å². The maximum atomic E-state index is 13.1. The number of aromatic amines is 1. The molecule has 1 amide bonds. The van der Waals surface area contributed by atoms with Gasteiger partial charge >= 0.3 is 0 Å². The number of nitrogens with zero attached hydrogens (tertiary/aromatic N) is 3. The van der Waals surface area contributed by atoms with E-state index in [-0.39, 0.29) is 23.7 Å². The second-order valence-electron chi connectivity index (χ2n) is 5.76. The summed E-state index contributed by atoms with van der Waals surface area (Å²) in [5, 5.41) is 7.05. The van der Waals surface area contributed by atoms with Gasteiger partial charge in [0.05, 0.1) is 17.5 Å². The molecular weight excluding hydrogens is 366 g/mol. The van der Waals surface area contributed by atoms with E-state index in [1.165, 1.54) is 11.8 Å². The highest BCUT2D eigenvalue weighted by Crippen LogP contribution is 2.43. The monoisotopic (exact) mass is 383 g/mol. The molecule has 1 aromatic heterocycles. The van der Waals surface area contributed by atoms with Gasteiger partial charge in [0, 0.05) is 10.6 Å². The molecule has 132 valence electrons. The first-order valence-corrected chi connectivity index (χ1v) is 10.1. The normalized spacial score (nSPS) is 16.3. The average Bonchev–Trinajstić information content (AvgIpc) is 3.11. The van der Waals surface area contributed by atoms with Crippen LogP contribution in [0.5, 0.6) is 0 Å². The van der Waals surface area contributed by atoms with Crippen molar-refractivity contribution in [1.82, 2.24) is 15.2 Å².